The number of hydrogen-bond acceptors (Lipinski definition) is 3. The molecule has 86 valence electrons. The molecule has 1 heterocycles. The van der Waals surface area contributed by atoms with Crippen molar-refractivity contribution in [3.63, 3.8) is 0 Å². The molecule has 0 bridgehead atoms. The Morgan fingerprint density at radius 2 is 2.24 bits per heavy atom. The monoisotopic (exact) mass is 233 g/mol. The summed E-state index contributed by atoms with van der Waals surface area (Å²) in [5.74, 6) is -0.880. The van der Waals surface area contributed by atoms with Crippen LogP contribution in [0.25, 0.3) is 0 Å². The van der Waals surface area contributed by atoms with Gasteiger partial charge in [-0.05, 0) is 23.8 Å². The highest BCUT2D eigenvalue weighted by Crippen LogP contribution is 2.14. The van der Waals surface area contributed by atoms with Crippen LogP contribution in [0.15, 0.2) is 18.2 Å². The summed E-state index contributed by atoms with van der Waals surface area (Å²) in [5, 5.41) is 11.0. The molecule has 0 atom stereocenters. The molecule has 1 aliphatic rings. The van der Waals surface area contributed by atoms with Crippen LogP contribution in [0.1, 0.15) is 11.1 Å². The van der Waals surface area contributed by atoms with E-state index in [1.165, 1.54) is 23.1 Å². The van der Waals surface area contributed by atoms with E-state index in [4.69, 9.17) is 5.26 Å². The zero-order valence-electron chi connectivity index (χ0n) is 8.74. The van der Waals surface area contributed by atoms with Gasteiger partial charge in [0.15, 0.2) is 0 Å². The minimum Gasteiger partial charge on any atom is -0.311 e. The lowest BCUT2D eigenvalue weighted by Crippen LogP contribution is -2.28. The van der Waals surface area contributed by atoms with Crippen LogP contribution < -0.4 is 5.32 Å². The Hall–Kier alpha value is -2.42. The van der Waals surface area contributed by atoms with Crippen molar-refractivity contribution in [1.29, 1.82) is 5.26 Å². The first-order valence-corrected chi connectivity index (χ1v) is 4.87. The predicted octanol–water partition coefficient (Wildman–Crippen LogP) is 0.749. The van der Waals surface area contributed by atoms with E-state index in [1.807, 2.05) is 6.07 Å². The van der Waals surface area contributed by atoms with Gasteiger partial charge in [0, 0.05) is 6.54 Å². The molecule has 1 N–H and O–H groups in total. The Labute approximate surface area is 96.4 Å². The van der Waals surface area contributed by atoms with Gasteiger partial charge in [-0.2, -0.15) is 5.26 Å². The first-order chi connectivity index (χ1) is 8.10. The van der Waals surface area contributed by atoms with Crippen molar-refractivity contribution >= 4 is 11.9 Å². The standard InChI is InChI=1S/C11H8FN3O2/c12-9-2-1-7(4-13)8(3-9)5-15-6-10(16)14-11(15)17/h1-3H,5-6H2,(H,14,16,17). The van der Waals surface area contributed by atoms with Gasteiger partial charge in [-0.3, -0.25) is 10.1 Å². The summed E-state index contributed by atoms with van der Waals surface area (Å²) in [6.07, 6.45) is 0. The molecule has 1 fully saturated rings. The predicted molar refractivity (Wildman–Crippen MR) is 55.1 cm³/mol. The molecule has 0 unspecified atom stereocenters. The summed E-state index contributed by atoms with van der Waals surface area (Å²) in [7, 11) is 0. The number of carbonyl (C=O) groups excluding carboxylic acids is 2. The van der Waals surface area contributed by atoms with Crippen LogP contribution in [0, 0.1) is 17.1 Å². The summed E-state index contributed by atoms with van der Waals surface area (Å²) in [4.78, 5) is 23.5. The molecular formula is C11H8FN3O2. The summed E-state index contributed by atoms with van der Waals surface area (Å²) in [6, 6.07) is 5.10. The molecule has 1 aliphatic heterocycles. The maximum absolute atomic E-state index is 13.0. The normalized spacial score (nSPS) is 14.7. The molecule has 1 saturated heterocycles. The Morgan fingerprint density at radius 1 is 1.47 bits per heavy atom. The summed E-state index contributed by atoms with van der Waals surface area (Å²) >= 11 is 0. The zero-order chi connectivity index (χ0) is 12.4. The minimum atomic E-state index is -0.525. The van der Waals surface area contributed by atoms with Crippen LogP contribution in [-0.2, 0) is 11.3 Å². The van der Waals surface area contributed by atoms with Crippen molar-refractivity contribution in [3.05, 3.63) is 35.1 Å². The van der Waals surface area contributed by atoms with E-state index in [1.54, 1.807) is 0 Å². The van der Waals surface area contributed by atoms with E-state index in [2.05, 4.69) is 5.32 Å². The molecule has 0 spiro atoms. The lowest BCUT2D eigenvalue weighted by Gasteiger charge is -2.13. The second-order valence-electron chi connectivity index (χ2n) is 3.62. The van der Waals surface area contributed by atoms with E-state index in [0.717, 1.165) is 0 Å². The molecule has 0 radical (unpaired) electrons. The van der Waals surface area contributed by atoms with Crippen molar-refractivity contribution in [2.45, 2.75) is 6.54 Å². The van der Waals surface area contributed by atoms with Gasteiger partial charge in [-0.15, -0.1) is 0 Å². The van der Waals surface area contributed by atoms with E-state index >= 15 is 0 Å². The van der Waals surface area contributed by atoms with Gasteiger partial charge in [0.25, 0.3) is 0 Å². The van der Waals surface area contributed by atoms with Crippen LogP contribution in [0.2, 0.25) is 0 Å². The number of amides is 3. The highest BCUT2D eigenvalue weighted by atomic mass is 19.1. The van der Waals surface area contributed by atoms with Gasteiger partial charge < -0.3 is 4.90 Å². The molecule has 5 nitrogen and oxygen atoms in total. The van der Waals surface area contributed by atoms with E-state index in [-0.39, 0.29) is 13.1 Å². The molecule has 17 heavy (non-hydrogen) atoms. The fourth-order valence-electron chi connectivity index (χ4n) is 1.62. The third-order valence-electron chi connectivity index (χ3n) is 2.42. The average molecular weight is 233 g/mol. The lowest BCUT2D eigenvalue weighted by atomic mass is 10.1. The van der Waals surface area contributed by atoms with Gasteiger partial charge >= 0.3 is 6.03 Å². The third-order valence-corrected chi connectivity index (χ3v) is 2.42. The smallest absolute Gasteiger partial charge is 0.311 e. The van der Waals surface area contributed by atoms with Gasteiger partial charge in [-0.25, -0.2) is 9.18 Å². The number of halogens is 1. The van der Waals surface area contributed by atoms with Crippen LogP contribution >= 0.6 is 0 Å². The number of hydrogen-bond donors (Lipinski definition) is 1. The van der Waals surface area contributed by atoms with Crippen molar-refractivity contribution in [1.82, 2.24) is 10.2 Å². The molecule has 1 aromatic rings. The second-order valence-corrected chi connectivity index (χ2v) is 3.62. The lowest BCUT2D eigenvalue weighted by molar-refractivity contribution is -0.118. The number of imide groups is 1. The number of nitrogens with one attached hydrogen (secondary N) is 1. The maximum atomic E-state index is 13.0. The van der Waals surface area contributed by atoms with Crippen molar-refractivity contribution < 1.29 is 14.0 Å². The SMILES string of the molecule is N#Cc1ccc(F)cc1CN1CC(=O)NC1=O. The van der Waals surface area contributed by atoms with Crippen LogP contribution in [-0.4, -0.2) is 23.4 Å². The molecule has 1 aromatic carbocycles. The largest absolute Gasteiger partial charge is 0.324 e. The third kappa shape index (κ3) is 2.23. The number of carbonyl (C=O) groups is 2. The first-order valence-electron chi connectivity index (χ1n) is 4.87. The molecule has 0 saturated carbocycles. The number of rotatable bonds is 2. The topological polar surface area (TPSA) is 73.2 Å². The molecule has 2 rings (SSSR count). The maximum Gasteiger partial charge on any atom is 0.324 e. The number of nitriles is 1. The fraction of sp³-hybridized carbons (Fsp3) is 0.182. The average Bonchev–Trinajstić information content (AvgIpc) is 2.58. The molecule has 0 aliphatic carbocycles. The van der Waals surface area contributed by atoms with Gasteiger partial charge in [0.05, 0.1) is 11.6 Å². The van der Waals surface area contributed by atoms with Gasteiger partial charge in [-0.1, -0.05) is 0 Å². The van der Waals surface area contributed by atoms with Crippen LogP contribution in [0.5, 0.6) is 0 Å². The molecule has 6 heteroatoms. The Balaban J connectivity index is 2.24. The highest BCUT2D eigenvalue weighted by molar-refractivity contribution is 6.01. The Kier molecular flexibility index (Phi) is 2.75. The number of urea groups is 1. The van der Waals surface area contributed by atoms with E-state index < -0.39 is 17.8 Å². The molecular weight excluding hydrogens is 225 g/mol. The summed E-state index contributed by atoms with van der Waals surface area (Å²) in [6.45, 7) is -0.0293. The molecule has 0 aromatic heterocycles. The highest BCUT2D eigenvalue weighted by Gasteiger charge is 2.27. The summed E-state index contributed by atoms with van der Waals surface area (Å²) < 4.78 is 13.0. The quantitative estimate of drug-likeness (QED) is 0.766. The van der Waals surface area contributed by atoms with Gasteiger partial charge in [0.2, 0.25) is 5.91 Å². The van der Waals surface area contributed by atoms with Crippen molar-refractivity contribution in [3.8, 4) is 6.07 Å². The van der Waals surface area contributed by atoms with Crippen molar-refractivity contribution in [2.24, 2.45) is 0 Å². The fourth-order valence-corrected chi connectivity index (χ4v) is 1.62. The summed E-state index contributed by atoms with van der Waals surface area (Å²) in [5.41, 5.74) is 0.677. The zero-order valence-corrected chi connectivity index (χ0v) is 8.74. The Bertz CT molecular complexity index is 536. The van der Waals surface area contributed by atoms with Crippen molar-refractivity contribution in [2.75, 3.05) is 6.54 Å². The molecule has 3 amide bonds. The first kappa shape index (κ1) is 11.1. The minimum absolute atomic E-state index is 0.0399. The number of benzene rings is 1. The van der Waals surface area contributed by atoms with E-state index in [0.29, 0.717) is 11.1 Å². The number of nitrogens with zero attached hydrogens (tertiary/aromatic N) is 2. The Morgan fingerprint density at radius 3 is 2.82 bits per heavy atom. The van der Waals surface area contributed by atoms with Gasteiger partial charge in [0.1, 0.15) is 12.4 Å². The second kappa shape index (κ2) is 4.22. The van der Waals surface area contributed by atoms with Crippen LogP contribution in [0.3, 0.4) is 0 Å². The van der Waals surface area contributed by atoms with E-state index in [9.17, 15) is 14.0 Å². The van der Waals surface area contributed by atoms with Crippen LogP contribution in [0.4, 0.5) is 9.18 Å².